The predicted molar refractivity (Wildman–Crippen MR) is 68.9 cm³/mol. The van der Waals surface area contributed by atoms with Gasteiger partial charge >= 0.3 is 0 Å². The summed E-state index contributed by atoms with van der Waals surface area (Å²) in [6, 6.07) is 1.97. The number of nitrogens with two attached hydrogens (primary N) is 1. The Balaban J connectivity index is 2.02. The number of nitrogen functional groups attached to an aromatic ring is 1. The summed E-state index contributed by atoms with van der Waals surface area (Å²) in [5, 5.41) is 0. The van der Waals surface area contributed by atoms with Crippen LogP contribution in [0.3, 0.4) is 0 Å². The van der Waals surface area contributed by atoms with Gasteiger partial charge in [0.2, 0.25) is 5.95 Å². The summed E-state index contributed by atoms with van der Waals surface area (Å²) in [7, 11) is -2.86. The number of aromatic nitrogens is 3. The van der Waals surface area contributed by atoms with Crippen molar-refractivity contribution in [3.8, 4) is 0 Å². The SMILES string of the molecule is Nc1nc2cnccc2n1C1CCS(=O)(=O)CC1. The molecule has 0 amide bonds. The lowest BCUT2D eigenvalue weighted by Gasteiger charge is -2.24. The fourth-order valence-corrected chi connectivity index (χ4v) is 3.96. The van der Waals surface area contributed by atoms with Crippen molar-refractivity contribution in [3.63, 3.8) is 0 Å². The van der Waals surface area contributed by atoms with Crippen LogP contribution >= 0.6 is 0 Å². The summed E-state index contributed by atoms with van der Waals surface area (Å²) in [5.74, 6) is 0.881. The third-order valence-corrected chi connectivity index (χ3v) is 5.12. The predicted octanol–water partition coefficient (Wildman–Crippen LogP) is 0.763. The first-order valence-electron chi connectivity index (χ1n) is 5.85. The lowest BCUT2D eigenvalue weighted by Crippen LogP contribution is -2.26. The third-order valence-electron chi connectivity index (χ3n) is 3.41. The van der Waals surface area contributed by atoms with Crippen LogP contribution in [0.15, 0.2) is 18.5 Å². The quantitative estimate of drug-likeness (QED) is 0.823. The van der Waals surface area contributed by atoms with E-state index in [4.69, 9.17) is 5.73 Å². The molecule has 2 aromatic heterocycles. The lowest BCUT2D eigenvalue weighted by molar-refractivity contribution is 0.463. The molecule has 0 aromatic carbocycles. The normalized spacial score (nSPS) is 20.2. The average molecular weight is 266 g/mol. The summed E-state index contributed by atoms with van der Waals surface area (Å²) >= 11 is 0. The Labute approximate surface area is 105 Å². The van der Waals surface area contributed by atoms with Crippen molar-refractivity contribution in [2.45, 2.75) is 18.9 Å². The number of rotatable bonds is 1. The number of hydrogen-bond donors (Lipinski definition) is 1. The molecule has 7 heteroatoms. The number of pyridine rings is 1. The van der Waals surface area contributed by atoms with E-state index in [0.717, 1.165) is 11.0 Å². The number of hydrogen-bond acceptors (Lipinski definition) is 5. The molecule has 0 spiro atoms. The molecular weight excluding hydrogens is 252 g/mol. The molecule has 1 fully saturated rings. The summed E-state index contributed by atoms with van der Waals surface area (Å²) < 4.78 is 24.8. The van der Waals surface area contributed by atoms with E-state index in [1.165, 1.54) is 0 Å². The van der Waals surface area contributed by atoms with E-state index in [-0.39, 0.29) is 17.5 Å². The van der Waals surface area contributed by atoms with E-state index >= 15 is 0 Å². The molecule has 1 saturated heterocycles. The Morgan fingerprint density at radius 3 is 2.78 bits per heavy atom. The molecule has 0 aliphatic carbocycles. The Morgan fingerprint density at radius 2 is 2.06 bits per heavy atom. The van der Waals surface area contributed by atoms with Gasteiger partial charge in [-0.1, -0.05) is 0 Å². The molecule has 0 saturated carbocycles. The van der Waals surface area contributed by atoms with Crippen LogP contribution in [-0.4, -0.2) is 34.5 Å². The van der Waals surface area contributed by atoms with Crippen LogP contribution in [0, 0.1) is 0 Å². The topological polar surface area (TPSA) is 90.9 Å². The first-order chi connectivity index (χ1) is 8.57. The zero-order chi connectivity index (χ0) is 12.8. The second kappa shape index (κ2) is 3.94. The van der Waals surface area contributed by atoms with E-state index in [0.29, 0.717) is 18.8 Å². The van der Waals surface area contributed by atoms with Crippen LogP contribution in [-0.2, 0) is 9.84 Å². The first-order valence-corrected chi connectivity index (χ1v) is 7.67. The Morgan fingerprint density at radius 1 is 1.33 bits per heavy atom. The van der Waals surface area contributed by atoms with Gasteiger partial charge in [0.25, 0.3) is 0 Å². The molecule has 96 valence electrons. The highest BCUT2D eigenvalue weighted by molar-refractivity contribution is 7.91. The van der Waals surface area contributed by atoms with Crippen molar-refractivity contribution < 1.29 is 8.42 Å². The van der Waals surface area contributed by atoms with Crippen molar-refractivity contribution in [3.05, 3.63) is 18.5 Å². The van der Waals surface area contributed by atoms with Crippen molar-refractivity contribution in [1.29, 1.82) is 0 Å². The minimum Gasteiger partial charge on any atom is -0.369 e. The van der Waals surface area contributed by atoms with Gasteiger partial charge in [-0.15, -0.1) is 0 Å². The van der Waals surface area contributed by atoms with Gasteiger partial charge in [-0.05, 0) is 18.9 Å². The van der Waals surface area contributed by atoms with E-state index in [1.807, 2.05) is 10.6 Å². The standard InChI is InChI=1S/C11H14N4O2S/c12-11-14-9-7-13-4-1-10(9)15(11)8-2-5-18(16,17)6-3-8/h1,4,7-8H,2-3,5-6H2,(H2,12,14). The molecule has 1 aliphatic rings. The van der Waals surface area contributed by atoms with Crippen LogP contribution < -0.4 is 5.73 Å². The summed E-state index contributed by atoms with van der Waals surface area (Å²) in [5.41, 5.74) is 7.60. The average Bonchev–Trinajstić information content (AvgIpc) is 2.66. The van der Waals surface area contributed by atoms with Crippen molar-refractivity contribution in [2.75, 3.05) is 17.2 Å². The molecule has 18 heavy (non-hydrogen) atoms. The van der Waals surface area contributed by atoms with Crippen LogP contribution in [0.4, 0.5) is 5.95 Å². The molecule has 2 aromatic rings. The van der Waals surface area contributed by atoms with Gasteiger partial charge in [0.1, 0.15) is 15.4 Å². The molecule has 0 bridgehead atoms. The van der Waals surface area contributed by atoms with Crippen LogP contribution in [0.1, 0.15) is 18.9 Å². The smallest absolute Gasteiger partial charge is 0.201 e. The van der Waals surface area contributed by atoms with Gasteiger partial charge in [-0.25, -0.2) is 13.4 Å². The molecule has 6 nitrogen and oxygen atoms in total. The van der Waals surface area contributed by atoms with E-state index in [2.05, 4.69) is 9.97 Å². The van der Waals surface area contributed by atoms with E-state index in [9.17, 15) is 8.42 Å². The molecule has 0 radical (unpaired) electrons. The fraction of sp³-hybridized carbons (Fsp3) is 0.455. The zero-order valence-electron chi connectivity index (χ0n) is 9.78. The van der Waals surface area contributed by atoms with Crippen molar-refractivity contribution in [1.82, 2.24) is 14.5 Å². The maximum absolute atomic E-state index is 11.4. The number of imidazole rings is 1. The first kappa shape index (κ1) is 11.5. The molecule has 3 rings (SSSR count). The van der Waals surface area contributed by atoms with Crippen molar-refractivity contribution in [2.24, 2.45) is 0 Å². The summed E-state index contributed by atoms with van der Waals surface area (Å²) in [4.78, 5) is 8.26. The van der Waals surface area contributed by atoms with E-state index < -0.39 is 9.84 Å². The molecule has 0 unspecified atom stereocenters. The lowest BCUT2D eigenvalue weighted by atomic mass is 10.1. The highest BCUT2D eigenvalue weighted by Crippen LogP contribution is 2.30. The zero-order valence-corrected chi connectivity index (χ0v) is 10.6. The molecule has 1 aliphatic heterocycles. The largest absolute Gasteiger partial charge is 0.369 e. The molecule has 3 heterocycles. The van der Waals surface area contributed by atoms with Gasteiger partial charge < -0.3 is 10.3 Å². The Kier molecular flexibility index (Phi) is 2.51. The number of fused-ring (bicyclic) bond motifs is 1. The minimum absolute atomic E-state index is 0.112. The van der Waals surface area contributed by atoms with Gasteiger partial charge in [0, 0.05) is 12.2 Å². The van der Waals surface area contributed by atoms with Crippen LogP contribution in [0.25, 0.3) is 11.0 Å². The summed E-state index contributed by atoms with van der Waals surface area (Å²) in [6.45, 7) is 0. The maximum atomic E-state index is 11.4. The van der Waals surface area contributed by atoms with E-state index in [1.54, 1.807) is 12.4 Å². The number of sulfone groups is 1. The minimum atomic E-state index is -2.86. The molecule has 2 N–H and O–H groups in total. The van der Waals surface area contributed by atoms with Gasteiger partial charge in [0.15, 0.2) is 0 Å². The van der Waals surface area contributed by atoms with Gasteiger partial charge in [-0.3, -0.25) is 4.98 Å². The van der Waals surface area contributed by atoms with Gasteiger partial charge in [0.05, 0.1) is 23.2 Å². The Bertz CT molecular complexity index is 678. The van der Waals surface area contributed by atoms with Crippen LogP contribution in [0.5, 0.6) is 0 Å². The second-order valence-electron chi connectivity index (χ2n) is 4.59. The van der Waals surface area contributed by atoms with Crippen molar-refractivity contribution >= 4 is 26.8 Å². The highest BCUT2D eigenvalue weighted by Gasteiger charge is 2.27. The number of anilines is 1. The summed E-state index contributed by atoms with van der Waals surface area (Å²) in [6.07, 6.45) is 4.56. The van der Waals surface area contributed by atoms with Gasteiger partial charge in [-0.2, -0.15) is 0 Å². The number of nitrogens with zero attached hydrogens (tertiary/aromatic N) is 3. The second-order valence-corrected chi connectivity index (χ2v) is 6.89. The van der Waals surface area contributed by atoms with Crippen LogP contribution in [0.2, 0.25) is 0 Å². The third kappa shape index (κ3) is 1.84. The maximum Gasteiger partial charge on any atom is 0.201 e. The monoisotopic (exact) mass is 266 g/mol. The Hall–Kier alpha value is -1.63. The highest BCUT2D eigenvalue weighted by atomic mass is 32.2. The molecular formula is C11H14N4O2S. The fourth-order valence-electron chi connectivity index (χ4n) is 2.49. The molecule has 0 atom stereocenters.